The minimum absolute atomic E-state index is 0.0769. The van der Waals surface area contributed by atoms with E-state index in [0.29, 0.717) is 17.1 Å². The first-order chi connectivity index (χ1) is 13.8. The SMILES string of the molecule is [2H]C([2H])([2H])n1cc(-c2cc3cc(NC(=O)[C@H](C)N4CCCC4)ncc3cn2)cn1. The largest absolute Gasteiger partial charge is 0.309 e. The van der Waals surface area contributed by atoms with Crippen LogP contribution in [0.3, 0.4) is 0 Å². The lowest BCUT2D eigenvalue weighted by Gasteiger charge is -2.22. The normalized spacial score (nSPS) is 18.3. The quantitative estimate of drug-likeness (QED) is 0.780. The van der Waals surface area contributed by atoms with Crippen molar-refractivity contribution in [1.82, 2.24) is 24.6 Å². The molecule has 0 aliphatic carbocycles. The summed E-state index contributed by atoms with van der Waals surface area (Å²) in [6.45, 7) is 1.46. The molecule has 1 saturated heterocycles. The zero-order valence-corrected chi connectivity index (χ0v) is 14.5. The molecule has 1 atom stereocenters. The van der Waals surface area contributed by atoms with Gasteiger partial charge in [0.1, 0.15) is 5.82 Å². The van der Waals surface area contributed by atoms with Crippen LogP contribution in [-0.4, -0.2) is 49.7 Å². The number of amides is 1. The van der Waals surface area contributed by atoms with Gasteiger partial charge in [-0.3, -0.25) is 19.4 Å². The van der Waals surface area contributed by atoms with Gasteiger partial charge >= 0.3 is 0 Å². The van der Waals surface area contributed by atoms with E-state index in [9.17, 15) is 4.79 Å². The highest BCUT2D eigenvalue weighted by Gasteiger charge is 2.24. The fourth-order valence-electron chi connectivity index (χ4n) is 3.24. The molecule has 1 N–H and O–H groups in total. The van der Waals surface area contributed by atoms with E-state index in [1.54, 1.807) is 18.5 Å². The van der Waals surface area contributed by atoms with Crippen LogP contribution in [0.2, 0.25) is 0 Å². The van der Waals surface area contributed by atoms with E-state index in [2.05, 4.69) is 25.3 Å². The smallest absolute Gasteiger partial charge is 0.242 e. The summed E-state index contributed by atoms with van der Waals surface area (Å²) in [7, 11) is 0. The summed E-state index contributed by atoms with van der Waals surface area (Å²) in [4.78, 5) is 23.4. The number of rotatable bonds is 4. The topological polar surface area (TPSA) is 75.9 Å². The van der Waals surface area contributed by atoms with Crippen molar-refractivity contribution in [2.45, 2.75) is 25.8 Å². The number of aromatic nitrogens is 4. The number of hydrogen-bond acceptors (Lipinski definition) is 5. The molecule has 4 heterocycles. The van der Waals surface area contributed by atoms with Crippen LogP contribution in [0.25, 0.3) is 22.0 Å². The van der Waals surface area contributed by atoms with Crippen LogP contribution in [0, 0.1) is 0 Å². The van der Waals surface area contributed by atoms with Gasteiger partial charge in [0.05, 0.1) is 17.9 Å². The number of pyridine rings is 2. The van der Waals surface area contributed by atoms with Crippen LogP contribution < -0.4 is 5.32 Å². The molecule has 1 aliphatic heterocycles. The fourth-order valence-corrected chi connectivity index (χ4v) is 3.24. The molecule has 7 heteroatoms. The molecule has 0 radical (unpaired) electrons. The van der Waals surface area contributed by atoms with Gasteiger partial charge in [-0.25, -0.2) is 4.98 Å². The lowest BCUT2D eigenvalue weighted by Crippen LogP contribution is -2.40. The third-order valence-electron chi connectivity index (χ3n) is 4.80. The van der Waals surface area contributed by atoms with Gasteiger partial charge in [0.15, 0.2) is 0 Å². The maximum absolute atomic E-state index is 12.6. The molecule has 26 heavy (non-hydrogen) atoms. The number of carbonyl (C=O) groups excluding carboxylic acids is 1. The molecule has 1 amide bonds. The van der Waals surface area contributed by atoms with Crippen LogP contribution in [0.5, 0.6) is 0 Å². The summed E-state index contributed by atoms with van der Waals surface area (Å²) in [6.07, 6.45) is 8.50. The van der Waals surface area contributed by atoms with Gasteiger partial charge in [-0.1, -0.05) is 0 Å². The van der Waals surface area contributed by atoms with E-state index in [1.165, 1.54) is 12.4 Å². The lowest BCUT2D eigenvalue weighted by atomic mass is 10.1. The van der Waals surface area contributed by atoms with Crippen LogP contribution in [0.1, 0.15) is 23.9 Å². The molecule has 4 rings (SSSR count). The number of fused-ring (bicyclic) bond motifs is 1. The van der Waals surface area contributed by atoms with Crippen molar-refractivity contribution in [2.75, 3.05) is 18.4 Å². The summed E-state index contributed by atoms with van der Waals surface area (Å²) in [5.74, 6) is 0.399. The fraction of sp³-hybridized carbons (Fsp3) is 0.368. The number of carbonyl (C=O) groups is 1. The second-order valence-electron chi connectivity index (χ2n) is 6.57. The molecule has 3 aromatic heterocycles. The van der Waals surface area contributed by atoms with Gasteiger partial charge < -0.3 is 5.32 Å². The maximum Gasteiger partial charge on any atom is 0.242 e. The molecular weight excluding hydrogens is 328 g/mol. The first kappa shape index (κ1) is 13.4. The average molecular weight is 353 g/mol. The summed E-state index contributed by atoms with van der Waals surface area (Å²) in [5.41, 5.74) is 1.20. The molecule has 1 aliphatic rings. The van der Waals surface area contributed by atoms with Gasteiger partial charge in [-0.05, 0) is 50.4 Å². The molecule has 7 nitrogen and oxygen atoms in total. The van der Waals surface area contributed by atoms with E-state index in [4.69, 9.17) is 4.11 Å². The Hall–Kier alpha value is -2.80. The number of aryl methyl sites for hydroxylation is 1. The first-order valence-electron chi connectivity index (χ1n) is 10.2. The van der Waals surface area contributed by atoms with Crippen molar-refractivity contribution < 1.29 is 8.91 Å². The predicted molar refractivity (Wildman–Crippen MR) is 101 cm³/mol. The van der Waals surface area contributed by atoms with Crippen molar-refractivity contribution >= 4 is 22.5 Å². The molecule has 134 valence electrons. The highest BCUT2D eigenvalue weighted by molar-refractivity contribution is 5.96. The Morgan fingerprint density at radius 1 is 1.19 bits per heavy atom. The van der Waals surface area contributed by atoms with E-state index in [0.717, 1.165) is 41.4 Å². The minimum atomic E-state index is -2.33. The Morgan fingerprint density at radius 2 is 2.00 bits per heavy atom. The number of hydrogen-bond donors (Lipinski definition) is 1. The summed E-state index contributed by atoms with van der Waals surface area (Å²) < 4.78 is 23.2. The first-order valence-corrected chi connectivity index (χ1v) is 8.67. The van der Waals surface area contributed by atoms with Crippen molar-refractivity contribution in [1.29, 1.82) is 0 Å². The third-order valence-corrected chi connectivity index (χ3v) is 4.80. The zero-order chi connectivity index (χ0) is 20.6. The lowest BCUT2D eigenvalue weighted by molar-refractivity contribution is -0.120. The van der Waals surface area contributed by atoms with Gasteiger partial charge in [0.25, 0.3) is 0 Å². The van der Waals surface area contributed by atoms with E-state index >= 15 is 0 Å². The zero-order valence-electron chi connectivity index (χ0n) is 17.5. The van der Waals surface area contributed by atoms with Gasteiger partial charge in [0, 0.05) is 40.6 Å². The number of nitrogens with zero attached hydrogens (tertiary/aromatic N) is 5. The van der Waals surface area contributed by atoms with Crippen LogP contribution in [0.4, 0.5) is 5.82 Å². The Labute approximate surface area is 156 Å². The summed E-state index contributed by atoms with van der Waals surface area (Å²) >= 11 is 0. The minimum Gasteiger partial charge on any atom is -0.309 e. The van der Waals surface area contributed by atoms with Crippen molar-refractivity contribution in [3.8, 4) is 11.3 Å². The second-order valence-corrected chi connectivity index (χ2v) is 6.57. The van der Waals surface area contributed by atoms with Gasteiger partial charge in [0.2, 0.25) is 5.91 Å². The molecule has 3 aromatic rings. The molecule has 0 aromatic carbocycles. The summed E-state index contributed by atoms with van der Waals surface area (Å²) in [6, 6.07) is 3.43. The van der Waals surface area contributed by atoms with Crippen molar-refractivity contribution in [2.24, 2.45) is 6.98 Å². The molecule has 0 saturated carbocycles. The standard InChI is InChI=1S/C19H22N6O/c1-13(25-5-3-4-6-25)19(26)23-18-8-14-7-17(16-11-22-24(2)12-16)20-9-15(14)10-21-18/h7-13H,3-6H2,1-2H3,(H,21,23,26)/t13-/m0/s1/i2D3. The highest BCUT2D eigenvalue weighted by atomic mass is 16.2. The number of likely N-dealkylation sites (tertiary alicyclic amines) is 1. The molecule has 0 spiro atoms. The van der Waals surface area contributed by atoms with Crippen LogP contribution in [-0.2, 0) is 11.8 Å². The number of nitrogens with one attached hydrogen (secondary N) is 1. The Balaban J connectivity index is 1.56. The Kier molecular flexibility index (Phi) is 3.53. The molecular formula is C19H22N6O. The van der Waals surface area contributed by atoms with Crippen molar-refractivity contribution in [3.63, 3.8) is 0 Å². The Morgan fingerprint density at radius 3 is 2.77 bits per heavy atom. The third kappa shape index (κ3) is 3.30. The van der Waals surface area contributed by atoms with Crippen molar-refractivity contribution in [3.05, 3.63) is 36.9 Å². The number of anilines is 1. The second kappa shape index (κ2) is 6.84. The van der Waals surface area contributed by atoms with Gasteiger partial charge in [-0.15, -0.1) is 0 Å². The van der Waals surface area contributed by atoms with Gasteiger partial charge in [-0.2, -0.15) is 5.10 Å². The monoisotopic (exact) mass is 353 g/mol. The summed E-state index contributed by atoms with van der Waals surface area (Å²) in [5, 5.41) is 8.45. The van der Waals surface area contributed by atoms with E-state index in [1.807, 2.05) is 13.0 Å². The average Bonchev–Trinajstić information content (AvgIpc) is 3.38. The molecule has 0 bridgehead atoms. The highest BCUT2D eigenvalue weighted by Crippen LogP contribution is 2.23. The predicted octanol–water partition coefficient (Wildman–Crippen LogP) is 2.45. The van der Waals surface area contributed by atoms with E-state index < -0.39 is 6.98 Å². The maximum atomic E-state index is 12.6. The van der Waals surface area contributed by atoms with Crippen LogP contribution in [0.15, 0.2) is 36.9 Å². The van der Waals surface area contributed by atoms with Crippen LogP contribution >= 0.6 is 0 Å². The Bertz CT molecular complexity index is 1040. The van der Waals surface area contributed by atoms with E-state index in [-0.39, 0.29) is 11.9 Å². The molecule has 0 unspecified atom stereocenters. The molecule has 1 fully saturated rings.